The molecule has 0 unspecified atom stereocenters. The number of aromatic hydroxyl groups is 2. The number of phenolic OH excluding ortho intramolecular Hbond substituents is 2. The van der Waals surface area contributed by atoms with Gasteiger partial charge in [-0.3, -0.25) is 0 Å². The zero-order valence-corrected chi connectivity index (χ0v) is 41.4. The Morgan fingerprint density at radius 3 is 1.35 bits per heavy atom. The van der Waals surface area contributed by atoms with E-state index in [1.807, 2.05) is 85.7 Å². The van der Waals surface area contributed by atoms with E-state index >= 15 is 0 Å². The SMILES string of the molecule is C=C(C)c1cc(-c2cccc(-c3cc(C)cc(O)c3)c2)cc(-c2cccc(-c3cc(O)cc(OC)c3)c2)c1.C=C/C(=C\C)CCCCCCCCCC.CC.CC.CC.CO.CO. The van der Waals surface area contributed by atoms with E-state index in [9.17, 15) is 10.2 Å². The number of aliphatic hydroxyl groups is 2. The molecule has 0 aliphatic rings. The van der Waals surface area contributed by atoms with Crippen LogP contribution in [0.5, 0.6) is 17.2 Å². The van der Waals surface area contributed by atoms with E-state index in [0.29, 0.717) is 5.75 Å². The minimum Gasteiger partial charge on any atom is -0.508 e. The van der Waals surface area contributed by atoms with Crippen LogP contribution in [0, 0.1) is 6.92 Å². The minimum atomic E-state index is 0.165. The van der Waals surface area contributed by atoms with Gasteiger partial charge in [-0.05, 0) is 144 Å². The van der Waals surface area contributed by atoms with Crippen molar-refractivity contribution < 1.29 is 25.2 Å². The summed E-state index contributed by atoms with van der Waals surface area (Å²) in [5.41, 5.74) is 12.7. The zero-order valence-electron chi connectivity index (χ0n) is 41.4. The third-order valence-corrected chi connectivity index (χ3v) is 9.63. The van der Waals surface area contributed by atoms with Gasteiger partial charge in [0.25, 0.3) is 0 Å². The Hall–Kier alpha value is -5.36. The van der Waals surface area contributed by atoms with Gasteiger partial charge in [-0.1, -0.05) is 172 Å². The molecular weight excluding hydrogens is 777 g/mol. The molecule has 0 spiro atoms. The lowest BCUT2D eigenvalue weighted by atomic mass is 9.91. The maximum atomic E-state index is 10.2. The Morgan fingerprint density at radius 1 is 0.556 bits per heavy atom. The molecule has 5 aromatic carbocycles. The van der Waals surface area contributed by atoms with Crippen molar-refractivity contribution in [2.24, 2.45) is 0 Å². The molecule has 5 heteroatoms. The lowest BCUT2D eigenvalue weighted by Crippen LogP contribution is -1.89. The molecule has 0 atom stereocenters. The number of benzene rings is 5. The van der Waals surface area contributed by atoms with E-state index in [4.69, 9.17) is 14.9 Å². The maximum absolute atomic E-state index is 10.2. The van der Waals surface area contributed by atoms with Gasteiger partial charge in [0, 0.05) is 20.3 Å². The predicted molar refractivity (Wildman–Crippen MR) is 279 cm³/mol. The molecule has 5 rings (SSSR count). The van der Waals surface area contributed by atoms with Crippen molar-refractivity contribution in [1.82, 2.24) is 0 Å². The standard InChI is InChI=1S/C35H30O3.C15H28.3C2H6.2CH4O/c1-22(2)28-15-30(25-8-5-7-24(13-25)29-11-23(3)12-33(36)18-29)17-31(16-28)26-9-6-10-27(14-26)32-19-34(37)21-35(20-32)38-4;1-4-7-8-9-10-11-12-13-14-15(5-2)6-3;5*1-2/h5-21,36-37H,1H2,2-4H3;5-6H,2,4,7-14H2,1,3H3;3*1-2H3;2*2H,1H3/b;15-6+;;;;;. The molecule has 0 radical (unpaired) electrons. The molecule has 0 aliphatic heterocycles. The molecular formula is C58H84O5. The zero-order chi connectivity index (χ0) is 48.2. The maximum Gasteiger partial charge on any atom is 0.123 e. The number of hydrogen-bond acceptors (Lipinski definition) is 5. The monoisotopic (exact) mass is 861 g/mol. The summed E-state index contributed by atoms with van der Waals surface area (Å²) in [4.78, 5) is 0. The van der Waals surface area contributed by atoms with Gasteiger partial charge >= 0.3 is 0 Å². The summed E-state index contributed by atoms with van der Waals surface area (Å²) in [7, 11) is 3.59. The summed E-state index contributed by atoms with van der Waals surface area (Å²) in [5, 5.41) is 34.3. The van der Waals surface area contributed by atoms with Crippen molar-refractivity contribution >= 4 is 5.57 Å². The fraction of sp³-hybridized carbons (Fsp3) is 0.379. The van der Waals surface area contributed by atoms with Gasteiger partial charge in [0.2, 0.25) is 0 Å². The van der Waals surface area contributed by atoms with Gasteiger partial charge in [-0.2, -0.15) is 0 Å². The molecule has 346 valence electrons. The first-order valence-electron chi connectivity index (χ1n) is 23.0. The highest BCUT2D eigenvalue weighted by atomic mass is 16.5. The summed E-state index contributed by atoms with van der Waals surface area (Å²) in [6.45, 7) is 28.4. The molecule has 0 saturated carbocycles. The van der Waals surface area contributed by atoms with Crippen molar-refractivity contribution in [3.63, 3.8) is 0 Å². The largest absolute Gasteiger partial charge is 0.508 e. The first-order chi connectivity index (χ1) is 30.6. The molecule has 0 aliphatic carbocycles. The van der Waals surface area contributed by atoms with Crippen LogP contribution in [0.25, 0.3) is 50.1 Å². The second-order valence-corrected chi connectivity index (χ2v) is 14.0. The number of ether oxygens (including phenoxy) is 1. The van der Waals surface area contributed by atoms with E-state index in [1.54, 1.807) is 31.4 Å². The number of hydrogen-bond donors (Lipinski definition) is 4. The van der Waals surface area contributed by atoms with Gasteiger partial charge < -0.3 is 25.2 Å². The van der Waals surface area contributed by atoms with Gasteiger partial charge in [-0.25, -0.2) is 0 Å². The fourth-order valence-corrected chi connectivity index (χ4v) is 6.59. The summed E-state index contributed by atoms with van der Waals surface area (Å²) in [5.74, 6) is 1.04. The van der Waals surface area contributed by atoms with Gasteiger partial charge in [-0.15, -0.1) is 0 Å². The number of aryl methyl sites for hydroxylation is 1. The molecule has 0 fully saturated rings. The predicted octanol–water partition coefficient (Wildman–Crippen LogP) is 17.1. The molecule has 0 heterocycles. The van der Waals surface area contributed by atoms with Gasteiger partial charge in [0.1, 0.15) is 17.2 Å². The molecule has 5 aromatic rings. The summed E-state index contributed by atoms with van der Waals surface area (Å²) >= 11 is 0. The van der Waals surface area contributed by atoms with Crippen LogP contribution >= 0.6 is 0 Å². The van der Waals surface area contributed by atoms with E-state index in [-0.39, 0.29) is 11.5 Å². The molecule has 63 heavy (non-hydrogen) atoms. The number of aliphatic hydroxyl groups excluding tert-OH is 2. The van der Waals surface area contributed by atoms with E-state index in [1.165, 1.54) is 63.4 Å². The first-order valence-corrected chi connectivity index (χ1v) is 23.0. The van der Waals surface area contributed by atoms with E-state index in [2.05, 4.69) is 87.7 Å². The minimum absolute atomic E-state index is 0.165. The Labute approximate surface area is 384 Å². The van der Waals surface area contributed by atoms with Crippen LogP contribution in [0.4, 0.5) is 0 Å². The third-order valence-electron chi connectivity index (χ3n) is 9.63. The Kier molecular flexibility index (Phi) is 35.3. The average molecular weight is 861 g/mol. The number of allylic oxidation sites excluding steroid dienone is 4. The Balaban J connectivity index is 0. The van der Waals surface area contributed by atoms with Crippen LogP contribution in [0.15, 0.2) is 134 Å². The van der Waals surface area contributed by atoms with Crippen molar-refractivity contribution in [2.75, 3.05) is 21.3 Å². The highest BCUT2D eigenvalue weighted by Crippen LogP contribution is 2.36. The summed E-state index contributed by atoms with van der Waals surface area (Å²) in [6, 6.07) is 34.1. The second-order valence-electron chi connectivity index (χ2n) is 14.0. The van der Waals surface area contributed by atoms with Crippen LogP contribution in [-0.2, 0) is 0 Å². The van der Waals surface area contributed by atoms with Gasteiger partial charge in [0.15, 0.2) is 0 Å². The Morgan fingerprint density at radius 2 is 0.952 bits per heavy atom. The normalized spacial score (nSPS) is 9.79. The smallest absolute Gasteiger partial charge is 0.123 e. The van der Waals surface area contributed by atoms with Crippen LogP contribution in [-0.4, -0.2) is 41.8 Å². The average Bonchev–Trinajstić information content (AvgIpc) is 3.34. The molecule has 0 saturated heterocycles. The highest BCUT2D eigenvalue weighted by Gasteiger charge is 2.11. The van der Waals surface area contributed by atoms with Crippen molar-refractivity contribution in [1.29, 1.82) is 0 Å². The molecule has 5 nitrogen and oxygen atoms in total. The van der Waals surface area contributed by atoms with E-state index < -0.39 is 0 Å². The van der Waals surface area contributed by atoms with E-state index in [0.717, 1.165) is 75.4 Å². The number of phenols is 2. The number of rotatable bonds is 16. The van der Waals surface area contributed by atoms with Crippen LogP contribution in [0.1, 0.15) is 131 Å². The first kappa shape index (κ1) is 59.7. The van der Waals surface area contributed by atoms with Gasteiger partial charge in [0.05, 0.1) is 7.11 Å². The lowest BCUT2D eigenvalue weighted by molar-refractivity contribution is 0.399. The summed E-state index contributed by atoms with van der Waals surface area (Å²) in [6.07, 6.45) is 16.6. The molecule has 0 aromatic heterocycles. The van der Waals surface area contributed by atoms with Crippen LogP contribution in [0.3, 0.4) is 0 Å². The van der Waals surface area contributed by atoms with Crippen LogP contribution in [0.2, 0.25) is 0 Å². The van der Waals surface area contributed by atoms with Crippen molar-refractivity contribution in [3.05, 3.63) is 145 Å². The Bertz CT molecular complexity index is 1980. The molecule has 4 N–H and O–H groups in total. The lowest BCUT2D eigenvalue weighted by Gasteiger charge is -2.13. The molecule has 0 bridgehead atoms. The second kappa shape index (κ2) is 37.2. The fourth-order valence-electron chi connectivity index (χ4n) is 6.59. The third kappa shape index (κ3) is 22.5. The molecule has 0 amide bonds. The quantitative estimate of drug-likeness (QED) is 0.0586. The van der Waals surface area contributed by atoms with Crippen molar-refractivity contribution in [2.45, 2.75) is 127 Å². The van der Waals surface area contributed by atoms with Crippen LogP contribution < -0.4 is 4.74 Å². The topological polar surface area (TPSA) is 90.2 Å². The van der Waals surface area contributed by atoms with Crippen molar-refractivity contribution in [3.8, 4) is 61.8 Å². The number of methoxy groups -OCH3 is 1. The highest BCUT2D eigenvalue weighted by molar-refractivity contribution is 5.83. The number of unbranched alkanes of at least 4 members (excludes halogenated alkanes) is 7. The summed E-state index contributed by atoms with van der Waals surface area (Å²) < 4.78 is 5.35.